The highest BCUT2D eigenvalue weighted by Crippen LogP contribution is 2.35. The Kier molecular flexibility index (Phi) is 6.29. The van der Waals surface area contributed by atoms with Crippen LogP contribution in [0.2, 0.25) is 10.0 Å². The molecule has 1 aromatic rings. The SMILES string of the molecule is O=S(=O)(NCC1(N2CCOCC2)CCCCC1)c1c(Cl)cccc1Cl. The molecule has 0 unspecified atom stereocenters. The third kappa shape index (κ3) is 4.31. The fraction of sp³-hybridized carbons (Fsp3) is 0.647. The van der Waals surface area contributed by atoms with Gasteiger partial charge in [-0.2, -0.15) is 0 Å². The van der Waals surface area contributed by atoms with Crippen molar-refractivity contribution < 1.29 is 13.2 Å². The number of halogens is 2. The Morgan fingerprint density at radius 3 is 2.28 bits per heavy atom. The van der Waals surface area contributed by atoms with Crippen LogP contribution in [0.5, 0.6) is 0 Å². The van der Waals surface area contributed by atoms with Crippen LogP contribution in [0, 0.1) is 0 Å². The maximum absolute atomic E-state index is 12.8. The van der Waals surface area contributed by atoms with Crippen LogP contribution in [0.4, 0.5) is 0 Å². The summed E-state index contributed by atoms with van der Waals surface area (Å²) in [7, 11) is -3.77. The summed E-state index contributed by atoms with van der Waals surface area (Å²) in [5.41, 5.74) is -0.150. The molecule has 25 heavy (non-hydrogen) atoms. The van der Waals surface area contributed by atoms with Gasteiger partial charge in [0.25, 0.3) is 0 Å². The van der Waals surface area contributed by atoms with Crippen molar-refractivity contribution in [1.29, 1.82) is 0 Å². The van der Waals surface area contributed by atoms with Crippen molar-refractivity contribution in [2.45, 2.75) is 42.5 Å². The highest BCUT2D eigenvalue weighted by molar-refractivity contribution is 7.89. The number of hydrogen-bond acceptors (Lipinski definition) is 4. The Morgan fingerprint density at radius 1 is 1.08 bits per heavy atom. The van der Waals surface area contributed by atoms with E-state index in [1.54, 1.807) is 18.2 Å². The largest absolute Gasteiger partial charge is 0.379 e. The van der Waals surface area contributed by atoms with Gasteiger partial charge in [-0.05, 0) is 25.0 Å². The summed E-state index contributed by atoms with van der Waals surface area (Å²) in [6, 6.07) is 4.72. The van der Waals surface area contributed by atoms with E-state index in [1.165, 1.54) is 6.42 Å². The quantitative estimate of drug-likeness (QED) is 0.814. The second kappa shape index (κ2) is 8.11. The molecule has 1 aromatic carbocycles. The van der Waals surface area contributed by atoms with Crippen molar-refractivity contribution in [3.8, 4) is 0 Å². The van der Waals surface area contributed by atoms with Crippen molar-refractivity contribution in [1.82, 2.24) is 9.62 Å². The molecule has 0 amide bonds. The van der Waals surface area contributed by atoms with Crippen LogP contribution in [-0.4, -0.2) is 51.7 Å². The van der Waals surface area contributed by atoms with E-state index in [2.05, 4.69) is 9.62 Å². The van der Waals surface area contributed by atoms with Crippen molar-refractivity contribution in [3.63, 3.8) is 0 Å². The summed E-state index contributed by atoms with van der Waals surface area (Å²) in [5.74, 6) is 0. The van der Waals surface area contributed by atoms with Gasteiger partial charge >= 0.3 is 0 Å². The molecule has 0 aromatic heterocycles. The summed E-state index contributed by atoms with van der Waals surface area (Å²) in [4.78, 5) is 2.36. The number of nitrogens with one attached hydrogen (secondary N) is 1. The Hall–Kier alpha value is -0.370. The van der Waals surface area contributed by atoms with E-state index in [1.807, 2.05) is 0 Å². The molecular weight excluding hydrogens is 383 g/mol. The van der Waals surface area contributed by atoms with E-state index < -0.39 is 10.0 Å². The first-order valence-corrected chi connectivity index (χ1v) is 11.0. The van der Waals surface area contributed by atoms with Gasteiger partial charge in [-0.1, -0.05) is 48.5 Å². The van der Waals surface area contributed by atoms with E-state index in [-0.39, 0.29) is 20.5 Å². The molecule has 1 aliphatic heterocycles. The fourth-order valence-corrected chi connectivity index (χ4v) is 6.15. The third-order valence-corrected chi connectivity index (χ3v) is 7.60. The van der Waals surface area contributed by atoms with Crippen LogP contribution in [0.15, 0.2) is 23.1 Å². The minimum Gasteiger partial charge on any atom is -0.379 e. The van der Waals surface area contributed by atoms with Gasteiger partial charge in [0.05, 0.1) is 23.3 Å². The summed E-state index contributed by atoms with van der Waals surface area (Å²) in [6.07, 6.45) is 5.42. The van der Waals surface area contributed by atoms with Crippen LogP contribution in [-0.2, 0) is 14.8 Å². The zero-order valence-corrected chi connectivity index (χ0v) is 16.5. The monoisotopic (exact) mass is 406 g/mol. The molecule has 0 spiro atoms. The highest BCUT2D eigenvalue weighted by Gasteiger charge is 2.39. The first-order chi connectivity index (χ1) is 11.9. The van der Waals surface area contributed by atoms with E-state index in [9.17, 15) is 8.42 Å². The van der Waals surface area contributed by atoms with Gasteiger partial charge in [0.15, 0.2) is 0 Å². The van der Waals surface area contributed by atoms with Gasteiger partial charge in [-0.15, -0.1) is 0 Å². The Labute approximate surface area is 159 Å². The summed E-state index contributed by atoms with van der Waals surface area (Å²) >= 11 is 12.2. The van der Waals surface area contributed by atoms with Crippen molar-refractivity contribution in [3.05, 3.63) is 28.2 Å². The molecule has 0 radical (unpaired) electrons. The molecule has 0 atom stereocenters. The second-order valence-electron chi connectivity index (χ2n) is 6.76. The summed E-state index contributed by atoms with van der Waals surface area (Å²) in [5, 5.41) is 0.285. The molecule has 2 aliphatic rings. The van der Waals surface area contributed by atoms with E-state index in [4.69, 9.17) is 27.9 Å². The average molecular weight is 407 g/mol. The van der Waals surface area contributed by atoms with Gasteiger partial charge in [-0.25, -0.2) is 13.1 Å². The van der Waals surface area contributed by atoms with Gasteiger partial charge < -0.3 is 4.74 Å². The molecule has 0 bridgehead atoms. The zero-order chi connectivity index (χ0) is 17.9. The molecule has 3 rings (SSSR count). The second-order valence-corrected chi connectivity index (χ2v) is 9.28. The van der Waals surface area contributed by atoms with Gasteiger partial charge in [0, 0.05) is 25.2 Å². The number of ether oxygens (including phenoxy) is 1. The normalized spacial score (nSPS) is 22.0. The maximum atomic E-state index is 12.8. The highest BCUT2D eigenvalue weighted by atomic mass is 35.5. The molecular formula is C17H24Cl2N2O3S. The number of rotatable bonds is 5. The average Bonchev–Trinajstić information content (AvgIpc) is 2.61. The van der Waals surface area contributed by atoms with Gasteiger partial charge in [0.1, 0.15) is 4.90 Å². The van der Waals surface area contributed by atoms with E-state index in [0.29, 0.717) is 19.8 Å². The molecule has 2 fully saturated rings. The lowest BCUT2D eigenvalue weighted by molar-refractivity contribution is -0.0348. The predicted molar refractivity (Wildman–Crippen MR) is 99.9 cm³/mol. The first kappa shape index (κ1) is 19.4. The lowest BCUT2D eigenvalue weighted by Crippen LogP contribution is -2.59. The molecule has 140 valence electrons. The molecule has 8 heteroatoms. The molecule has 1 aliphatic carbocycles. The minimum absolute atomic E-state index is 0.0359. The van der Waals surface area contributed by atoms with Crippen LogP contribution in [0.25, 0.3) is 0 Å². The maximum Gasteiger partial charge on any atom is 0.243 e. The van der Waals surface area contributed by atoms with Crippen LogP contribution < -0.4 is 4.72 Å². The smallest absolute Gasteiger partial charge is 0.243 e. The van der Waals surface area contributed by atoms with E-state index in [0.717, 1.165) is 38.8 Å². The van der Waals surface area contributed by atoms with Crippen molar-refractivity contribution >= 4 is 33.2 Å². The standard InChI is InChI=1S/C17H24Cl2N2O3S/c18-14-5-4-6-15(19)16(14)25(22,23)20-13-17(7-2-1-3-8-17)21-9-11-24-12-10-21/h4-6,20H,1-3,7-13H2. The predicted octanol–water partition coefficient (Wildman–Crippen LogP) is 3.31. The van der Waals surface area contributed by atoms with Gasteiger partial charge in [0.2, 0.25) is 10.0 Å². The number of sulfonamides is 1. The Balaban J connectivity index is 1.80. The zero-order valence-electron chi connectivity index (χ0n) is 14.1. The molecule has 1 saturated carbocycles. The lowest BCUT2D eigenvalue weighted by atomic mass is 9.80. The molecule has 1 saturated heterocycles. The lowest BCUT2D eigenvalue weighted by Gasteiger charge is -2.48. The van der Waals surface area contributed by atoms with Crippen LogP contribution in [0.3, 0.4) is 0 Å². The van der Waals surface area contributed by atoms with E-state index >= 15 is 0 Å². The molecule has 5 nitrogen and oxygen atoms in total. The van der Waals surface area contributed by atoms with Gasteiger partial charge in [-0.3, -0.25) is 4.90 Å². The van der Waals surface area contributed by atoms with Crippen molar-refractivity contribution in [2.24, 2.45) is 0 Å². The number of morpholine rings is 1. The number of hydrogen-bond donors (Lipinski definition) is 1. The topological polar surface area (TPSA) is 58.6 Å². The summed E-state index contributed by atoms with van der Waals surface area (Å²) in [6.45, 7) is 3.45. The Morgan fingerprint density at radius 2 is 1.68 bits per heavy atom. The third-order valence-electron chi connectivity index (χ3n) is 5.25. The van der Waals surface area contributed by atoms with Crippen molar-refractivity contribution in [2.75, 3.05) is 32.8 Å². The minimum atomic E-state index is -3.77. The first-order valence-electron chi connectivity index (χ1n) is 8.71. The molecule has 1 heterocycles. The number of nitrogens with zero attached hydrogens (tertiary/aromatic N) is 1. The van der Waals surface area contributed by atoms with Crippen LogP contribution >= 0.6 is 23.2 Å². The Bertz CT molecular complexity index is 680. The fourth-order valence-electron chi connectivity index (χ4n) is 3.89. The number of benzene rings is 1. The molecule has 1 N–H and O–H groups in total. The summed E-state index contributed by atoms with van der Waals surface area (Å²) < 4.78 is 33.9. The van der Waals surface area contributed by atoms with Crippen LogP contribution in [0.1, 0.15) is 32.1 Å².